The highest BCUT2D eigenvalue weighted by Gasteiger charge is 2.81. The van der Waals surface area contributed by atoms with E-state index in [2.05, 4.69) is 0 Å². The Kier molecular flexibility index (Phi) is 4.76. The Morgan fingerprint density at radius 2 is 1.10 bits per heavy atom. The number of sulfonamides is 2. The summed E-state index contributed by atoms with van der Waals surface area (Å²) in [4.78, 5) is 0. The van der Waals surface area contributed by atoms with Crippen molar-refractivity contribution in [1.82, 2.24) is 0 Å². The molecule has 0 heterocycles. The monoisotopic (exact) mass is 390 g/mol. The zero-order valence-electron chi connectivity index (χ0n) is 9.27. The van der Waals surface area contributed by atoms with Crippen molar-refractivity contribution in [1.29, 1.82) is 0 Å². The van der Waals surface area contributed by atoms with E-state index in [1.165, 1.54) is 4.13 Å². The molecule has 0 saturated carbocycles. The summed E-state index contributed by atoms with van der Waals surface area (Å²) in [5.41, 5.74) is 0. The van der Waals surface area contributed by atoms with E-state index >= 15 is 0 Å². The molecule has 0 amide bonds. The lowest BCUT2D eigenvalue weighted by molar-refractivity contribution is -0.244. The highest BCUT2D eigenvalue weighted by molar-refractivity contribution is 8.12. The lowest BCUT2D eigenvalue weighted by Crippen LogP contribution is -2.59. The molecule has 0 unspecified atom stereocenters. The Bertz CT molecular complexity index is 722. The highest BCUT2D eigenvalue weighted by Crippen LogP contribution is 2.52. The largest absolute Gasteiger partial charge is 0.443 e. The van der Waals surface area contributed by atoms with Crippen LogP contribution in [0.25, 0.3) is 4.13 Å². The van der Waals surface area contributed by atoms with Crippen molar-refractivity contribution in [3.63, 3.8) is 0 Å². The summed E-state index contributed by atoms with van der Waals surface area (Å²) in [6, 6.07) is 0. The lowest BCUT2D eigenvalue weighted by Gasteiger charge is -2.33. The van der Waals surface area contributed by atoms with Crippen LogP contribution in [-0.2, 0) is 30.3 Å². The fourth-order valence-electron chi connectivity index (χ4n) is 0.710. The third-order valence-corrected chi connectivity index (χ3v) is 5.24. The number of hydrogen-bond acceptors (Lipinski definition) is 6. The Morgan fingerprint density at radius 1 is 0.762 bits per heavy atom. The van der Waals surface area contributed by atoms with Gasteiger partial charge in [-0.05, 0) is 0 Å². The van der Waals surface area contributed by atoms with Gasteiger partial charge in [-0.2, -0.15) is 34.8 Å². The average Bonchev–Trinajstić information content (AvgIpc) is 2.10. The molecule has 0 aliphatic carbocycles. The number of alkyl halides is 6. The van der Waals surface area contributed by atoms with Gasteiger partial charge in [-0.15, -0.1) is 0 Å². The van der Waals surface area contributed by atoms with Gasteiger partial charge in [0.25, 0.3) is 0 Å². The van der Waals surface area contributed by atoms with Crippen molar-refractivity contribution < 1.29 is 55.5 Å². The molecular formula is C4H3F7NO6S3-. The maximum Gasteiger partial charge on any atom is 0.443 e. The molecule has 0 bridgehead atoms. The normalized spacial score (nSPS) is 16.0. The minimum Gasteiger partial charge on any atom is -0.431 e. The van der Waals surface area contributed by atoms with Gasteiger partial charge >= 0.3 is 26.7 Å². The van der Waals surface area contributed by atoms with E-state index in [4.69, 9.17) is 0 Å². The first-order valence-electron chi connectivity index (χ1n) is 3.97. The Hall–Kier alpha value is -0.680. The molecule has 0 aromatic heterocycles. The molecule has 7 nitrogen and oxygen atoms in total. The molecule has 0 aromatic rings. The summed E-state index contributed by atoms with van der Waals surface area (Å²) in [7, 11) is -20.1. The van der Waals surface area contributed by atoms with Crippen LogP contribution in [0.1, 0.15) is 0 Å². The molecule has 0 aliphatic heterocycles. The maximum absolute atomic E-state index is 12.9. The summed E-state index contributed by atoms with van der Waals surface area (Å²) in [6.45, 7) is 0. The van der Waals surface area contributed by atoms with Crippen LogP contribution in [0.5, 0.6) is 0 Å². The van der Waals surface area contributed by atoms with Crippen molar-refractivity contribution in [3.05, 3.63) is 4.13 Å². The quantitative estimate of drug-likeness (QED) is 0.489. The van der Waals surface area contributed by atoms with Gasteiger partial charge in [-0.3, -0.25) is 0 Å². The zero-order chi connectivity index (χ0) is 17.7. The van der Waals surface area contributed by atoms with Gasteiger partial charge in [-0.25, -0.2) is 16.8 Å². The molecule has 0 spiro atoms. The van der Waals surface area contributed by atoms with Crippen LogP contribution in [0.3, 0.4) is 0 Å². The van der Waals surface area contributed by atoms with E-state index in [9.17, 15) is 55.5 Å². The lowest BCUT2D eigenvalue weighted by atomic mass is 10.3. The molecule has 0 N–H and O–H groups in total. The number of halogens is 7. The number of nitrogens with zero attached hydrogens (tertiary/aromatic N) is 1. The van der Waals surface area contributed by atoms with E-state index in [0.29, 0.717) is 0 Å². The van der Waals surface area contributed by atoms with Crippen LogP contribution in [0.15, 0.2) is 0 Å². The number of hydrogen-bond donors (Lipinski definition) is 0. The van der Waals surface area contributed by atoms with Crippen molar-refractivity contribution >= 4 is 30.3 Å². The van der Waals surface area contributed by atoms with Gasteiger partial charge in [0.2, 0.25) is 0 Å². The first-order chi connectivity index (χ1) is 8.71. The molecule has 17 heteroatoms. The van der Waals surface area contributed by atoms with Crippen LogP contribution < -0.4 is 0 Å². The van der Waals surface area contributed by atoms with Crippen molar-refractivity contribution in [2.75, 3.05) is 6.26 Å². The van der Waals surface area contributed by atoms with Gasteiger partial charge in [0.05, 0.1) is 10.0 Å². The summed E-state index contributed by atoms with van der Waals surface area (Å²) in [5.74, 6) is -7.35. The Balaban J connectivity index is 6.27. The second kappa shape index (κ2) is 4.92. The van der Waals surface area contributed by atoms with Gasteiger partial charge in [0.15, 0.2) is 10.0 Å². The molecule has 128 valence electrons. The van der Waals surface area contributed by atoms with E-state index in [1.54, 1.807) is 0 Å². The molecule has 21 heavy (non-hydrogen) atoms. The molecule has 0 radical (unpaired) electrons. The summed E-state index contributed by atoms with van der Waals surface area (Å²) >= 11 is 0. The van der Waals surface area contributed by atoms with Crippen LogP contribution in [0.2, 0.25) is 0 Å². The SMILES string of the molecule is CS(=O)(=O)[N-]S(=O)(=O)C(F)(F)C(F)(F)C(F)(F)S(=O)(=O)F. The maximum atomic E-state index is 12.9. The third kappa shape index (κ3) is 3.39. The summed E-state index contributed by atoms with van der Waals surface area (Å²) in [5, 5.41) is -14.2. The molecule has 0 aliphatic rings. The molecule has 0 rings (SSSR count). The second-order valence-corrected chi connectivity index (χ2v) is 8.24. The van der Waals surface area contributed by atoms with Gasteiger partial charge in [-0.1, -0.05) is 3.89 Å². The predicted molar refractivity (Wildman–Crippen MR) is 52.0 cm³/mol. The van der Waals surface area contributed by atoms with E-state index in [0.717, 1.165) is 0 Å². The van der Waals surface area contributed by atoms with Crippen molar-refractivity contribution in [2.45, 2.75) is 16.4 Å². The second-order valence-electron chi connectivity index (χ2n) is 3.33. The zero-order valence-corrected chi connectivity index (χ0v) is 11.7. The summed E-state index contributed by atoms with van der Waals surface area (Å²) in [6.07, 6.45) is -0.164. The third-order valence-electron chi connectivity index (χ3n) is 1.59. The first-order valence-corrected chi connectivity index (χ1v) is 8.64. The first kappa shape index (κ1) is 20.3. The van der Waals surface area contributed by atoms with Crippen molar-refractivity contribution in [3.8, 4) is 0 Å². The highest BCUT2D eigenvalue weighted by atomic mass is 32.3. The molecule has 0 fully saturated rings. The van der Waals surface area contributed by atoms with E-state index < -0.39 is 46.7 Å². The van der Waals surface area contributed by atoms with Crippen LogP contribution in [0, 0.1) is 0 Å². The van der Waals surface area contributed by atoms with Crippen LogP contribution >= 0.6 is 0 Å². The molecule has 0 saturated heterocycles. The minimum absolute atomic E-state index is 0.164. The van der Waals surface area contributed by atoms with Gasteiger partial charge < -0.3 is 4.13 Å². The number of rotatable bonds is 6. The van der Waals surface area contributed by atoms with Gasteiger partial charge in [0, 0.05) is 6.26 Å². The average molecular weight is 390 g/mol. The van der Waals surface area contributed by atoms with E-state index in [-0.39, 0.29) is 6.26 Å². The molecule has 0 aromatic carbocycles. The molecule has 0 atom stereocenters. The minimum atomic E-state index is -7.67. The summed E-state index contributed by atoms with van der Waals surface area (Å²) < 4.78 is 151. The topological polar surface area (TPSA) is 117 Å². The standard InChI is InChI=1S/C4H3F7NO6S3/c1-19(13,14)12-21(17,18)4(9,10)2(5,6)3(7,8)20(11,15)16/h1H3/q-1. The van der Waals surface area contributed by atoms with Crippen LogP contribution in [0.4, 0.5) is 30.2 Å². The smallest absolute Gasteiger partial charge is 0.431 e. The van der Waals surface area contributed by atoms with Crippen LogP contribution in [-0.4, -0.2) is 47.9 Å². The fourth-order valence-corrected chi connectivity index (χ4v) is 3.46. The molecular weight excluding hydrogens is 387 g/mol. The van der Waals surface area contributed by atoms with E-state index in [1.807, 2.05) is 0 Å². The Morgan fingerprint density at radius 3 is 1.33 bits per heavy atom. The predicted octanol–water partition coefficient (Wildman–Crippen LogP) is 0.770. The Labute approximate surface area is 113 Å². The fraction of sp³-hybridized carbons (Fsp3) is 1.00. The van der Waals surface area contributed by atoms with Gasteiger partial charge in [0.1, 0.15) is 0 Å². The van der Waals surface area contributed by atoms with Crippen molar-refractivity contribution in [2.24, 2.45) is 0 Å².